The molecule has 2 rings (SSSR count). The molecule has 2 atom stereocenters. The van der Waals surface area contributed by atoms with Gasteiger partial charge in [-0.1, -0.05) is 30.7 Å². The minimum Gasteiger partial charge on any atom is -0.326 e. The number of halogens is 1. The van der Waals surface area contributed by atoms with Gasteiger partial charge in [0.1, 0.15) is 12.7 Å². The molecule has 0 amide bonds. The average molecular weight is 251 g/mol. The molecule has 0 aliphatic carbocycles. The van der Waals surface area contributed by atoms with Crippen LogP contribution in [-0.2, 0) is 0 Å². The van der Waals surface area contributed by atoms with Crippen LogP contribution in [0.2, 0.25) is 5.02 Å². The Labute approximate surface area is 105 Å². The summed E-state index contributed by atoms with van der Waals surface area (Å²) < 4.78 is 1.79. The van der Waals surface area contributed by atoms with E-state index in [4.69, 9.17) is 17.3 Å². The van der Waals surface area contributed by atoms with E-state index in [0.29, 0.717) is 0 Å². The smallest absolute Gasteiger partial charge is 0.137 e. The van der Waals surface area contributed by atoms with E-state index in [2.05, 4.69) is 17.0 Å². The molecule has 2 aromatic rings. The van der Waals surface area contributed by atoms with Gasteiger partial charge in [-0.05, 0) is 24.1 Å². The largest absolute Gasteiger partial charge is 0.326 e. The van der Waals surface area contributed by atoms with E-state index in [9.17, 15) is 0 Å². The third-order valence-corrected chi connectivity index (χ3v) is 3.06. The predicted octanol–water partition coefficient (Wildman–Crippen LogP) is 2.26. The first-order valence-corrected chi connectivity index (χ1v) is 5.95. The second-order valence-corrected chi connectivity index (χ2v) is 4.38. The summed E-state index contributed by atoms with van der Waals surface area (Å²) in [5.41, 5.74) is 7.25. The standard InChI is InChI=1S/C12H15ClN4/c1-2-11(14)12(17-8-15-7-16-17)9-3-5-10(13)6-4-9/h3-8,11-12H,2,14H2,1H3. The highest BCUT2D eigenvalue weighted by molar-refractivity contribution is 6.30. The van der Waals surface area contributed by atoms with Crippen molar-refractivity contribution in [2.24, 2.45) is 5.73 Å². The molecule has 0 spiro atoms. The van der Waals surface area contributed by atoms with Crippen molar-refractivity contribution in [2.75, 3.05) is 0 Å². The van der Waals surface area contributed by atoms with Gasteiger partial charge in [0.05, 0.1) is 6.04 Å². The molecule has 4 nitrogen and oxygen atoms in total. The molecule has 1 heterocycles. The molecular formula is C12H15ClN4. The Hall–Kier alpha value is -1.39. The van der Waals surface area contributed by atoms with Crippen molar-refractivity contribution in [1.29, 1.82) is 0 Å². The lowest BCUT2D eigenvalue weighted by Crippen LogP contribution is -2.32. The fourth-order valence-corrected chi connectivity index (χ4v) is 1.97. The Kier molecular flexibility index (Phi) is 3.76. The van der Waals surface area contributed by atoms with Crippen LogP contribution in [0.15, 0.2) is 36.9 Å². The third-order valence-electron chi connectivity index (χ3n) is 2.81. The highest BCUT2D eigenvalue weighted by atomic mass is 35.5. The maximum absolute atomic E-state index is 6.16. The van der Waals surface area contributed by atoms with E-state index >= 15 is 0 Å². The van der Waals surface area contributed by atoms with E-state index < -0.39 is 0 Å². The summed E-state index contributed by atoms with van der Waals surface area (Å²) in [4.78, 5) is 3.97. The number of aromatic nitrogens is 3. The van der Waals surface area contributed by atoms with Gasteiger partial charge in [0.25, 0.3) is 0 Å². The lowest BCUT2D eigenvalue weighted by atomic mass is 9.98. The maximum Gasteiger partial charge on any atom is 0.137 e. The van der Waals surface area contributed by atoms with Crippen molar-refractivity contribution >= 4 is 11.6 Å². The lowest BCUT2D eigenvalue weighted by molar-refractivity contribution is 0.423. The summed E-state index contributed by atoms with van der Waals surface area (Å²) in [6.07, 6.45) is 4.08. The third kappa shape index (κ3) is 2.65. The molecule has 2 unspecified atom stereocenters. The van der Waals surface area contributed by atoms with Crippen molar-refractivity contribution in [1.82, 2.24) is 14.8 Å². The van der Waals surface area contributed by atoms with E-state index in [-0.39, 0.29) is 12.1 Å². The summed E-state index contributed by atoms with van der Waals surface area (Å²) in [6, 6.07) is 7.68. The highest BCUT2D eigenvalue weighted by Gasteiger charge is 2.20. The van der Waals surface area contributed by atoms with Crippen molar-refractivity contribution in [2.45, 2.75) is 25.4 Å². The number of benzene rings is 1. The van der Waals surface area contributed by atoms with Gasteiger partial charge in [0, 0.05) is 11.1 Å². The van der Waals surface area contributed by atoms with Crippen LogP contribution in [0.5, 0.6) is 0 Å². The number of hydrogen-bond acceptors (Lipinski definition) is 3. The highest BCUT2D eigenvalue weighted by Crippen LogP contribution is 2.23. The van der Waals surface area contributed by atoms with Gasteiger partial charge in [-0.15, -0.1) is 0 Å². The molecule has 0 saturated heterocycles. The molecule has 1 aromatic carbocycles. The fraction of sp³-hybridized carbons (Fsp3) is 0.333. The Morgan fingerprint density at radius 3 is 2.59 bits per heavy atom. The van der Waals surface area contributed by atoms with Crippen LogP contribution in [0.1, 0.15) is 24.9 Å². The average Bonchev–Trinajstić information content (AvgIpc) is 2.85. The summed E-state index contributed by atoms with van der Waals surface area (Å²) in [5.74, 6) is 0. The van der Waals surface area contributed by atoms with Gasteiger partial charge < -0.3 is 5.73 Å². The second kappa shape index (κ2) is 5.29. The Bertz CT molecular complexity index is 452. The quantitative estimate of drug-likeness (QED) is 0.906. The van der Waals surface area contributed by atoms with Crippen molar-refractivity contribution < 1.29 is 0 Å². The van der Waals surface area contributed by atoms with Gasteiger partial charge >= 0.3 is 0 Å². The van der Waals surface area contributed by atoms with E-state index in [1.54, 1.807) is 11.0 Å². The van der Waals surface area contributed by atoms with E-state index in [1.807, 2.05) is 24.3 Å². The van der Waals surface area contributed by atoms with Gasteiger partial charge in [-0.2, -0.15) is 5.10 Å². The molecule has 0 radical (unpaired) electrons. The van der Waals surface area contributed by atoms with E-state index in [1.165, 1.54) is 6.33 Å². The first-order valence-electron chi connectivity index (χ1n) is 5.57. The molecule has 0 saturated carbocycles. The fourth-order valence-electron chi connectivity index (χ4n) is 1.84. The number of nitrogens with two attached hydrogens (primary N) is 1. The molecule has 0 aliphatic heterocycles. The van der Waals surface area contributed by atoms with Gasteiger partial charge in [-0.3, -0.25) is 0 Å². The zero-order chi connectivity index (χ0) is 12.3. The summed E-state index contributed by atoms with van der Waals surface area (Å²) >= 11 is 5.89. The summed E-state index contributed by atoms with van der Waals surface area (Å²) in [7, 11) is 0. The van der Waals surface area contributed by atoms with Gasteiger partial charge in [0.2, 0.25) is 0 Å². The molecule has 0 aliphatic rings. The van der Waals surface area contributed by atoms with E-state index in [0.717, 1.165) is 17.0 Å². The number of nitrogens with zero attached hydrogens (tertiary/aromatic N) is 3. The number of hydrogen-bond donors (Lipinski definition) is 1. The van der Waals surface area contributed by atoms with Crippen LogP contribution in [0.4, 0.5) is 0 Å². The topological polar surface area (TPSA) is 56.7 Å². The monoisotopic (exact) mass is 250 g/mol. The first-order chi connectivity index (χ1) is 8.22. The lowest BCUT2D eigenvalue weighted by Gasteiger charge is -2.23. The van der Waals surface area contributed by atoms with Crippen LogP contribution in [0.3, 0.4) is 0 Å². The van der Waals surface area contributed by atoms with Gasteiger partial charge in [0.15, 0.2) is 0 Å². The molecule has 17 heavy (non-hydrogen) atoms. The second-order valence-electron chi connectivity index (χ2n) is 3.94. The molecule has 5 heteroatoms. The molecule has 90 valence electrons. The van der Waals surface area contributed by atoms with Crippen LogP contribution in [0.25, 0.3) is 0 Å². The van der Waals surface area contributed by atoms with Crippen LogP contribution >= 0.6 is 11.6 Å². The summed E-state index contributed by atoms with van der Waals surface area (Å²) in [5, 5.41) is 4.90. The minimum absolute atomic E-state index is 0.000216. The first kappa shape index (κ1) is 12.1. The van der Waals surface area contributed by atoms with Crippen LogP contribution in [0, 0.1) is 0 Å². The SMILES string of the molecule is CCC(N)C(c1ccc(Cl)cc1)n1cncn1. The van der Waals surface area contributed by atoms with Crippen molar-refractivity contribution in [3.63, 3.8) is 0 Å². The zero-order valence-corrected chi connectivity index (χ0v) is 10.4. The molecular weight excluding hydrogens is 236 g/mol. The Balaban J connectivity index is 2.37. The Morgan fingerprint density at radius 1 is 1.35 bits per heavy atom. The predicted molar refractivity (Wildman–Crippen MR) is 67.9 cm³/mol. The van der Waals surface area contributed by atoms with Crippen LogP contribution in [-0.4, -0.2) is 20.8 Å². The molecule has 1 aromatic heterocycles. The van der Waals surface area contributed by atoms with Gasteiger partial charge in [-0.25, -0.2) is 9.67 Å². The normalized spacial score (nSPS) is 14.5. The molecule has 2 N–H and O–H groups in total. The van der Waals surface area contributed by atoms with Crippen molar-refractivity contribution in [3.05, 3.63) is 47.5 Å². The van der Waals surface area contributed by atoms with Crippen LogP contribution < -0.4 is 5.73 Å². The summed E-state index contributed by atoms with van der Waals surface area (Å²) in [6.45, 7) is 2.06. The maximum atomic E-state index is 6.16. The zero-order valence-electron chi connectivity index (χ0n) is 9.62. The molecule has 0 bridgehead atoms. The number of rotatable bonds is 4. The van der Waals surface area contributed by atoms with Crippen molar-refractivity contribution in [3.8, 4) is 0 Å². The Morgan fingerprint density at radius 2 is 2.06 bits per heavy atom. The minimum atomic E-state index is -0.00197. The molecule has 0 fully saturated rings.